The lowest BCUT2D eigenvalue weighted by atomic mass is 10.1. The molecule has 0 aliphatic heterocycles. The van der Waals surface area contributed by atoms with Gasteiger partial charge in [0.05, 0.1) is 17.3 Å². The average molecular weight is 333 g/mol. The number of benzene rings is 1. The summed E-state index contributed by atoms with van der Waals surface area (Å²) in [7, 11) is 1.97. The molecular weight excluding hydrogens is 320 g/mol. The quantitative estimate of drug-likeness (QED) is 0.770. The van der Waals surface area contributed by atoms with Gasteiger partial charge in [0.15, 0.2) is 0 Å². The summed E-state index contributed by atoms with van der Waals surface area (Å²) in [5.74, 6) is 0. The van der Waals surface area contributed by atoms with Gasteiger partial charge in [-0.2, -0.15) is 0 Å². The Morgan fingerprint density at radius 1 is 1.21 bits per heavy atom. The molecule has 0 spiro atoms. The van der Waals surface area contributed by atoms with Crippen molar-refractivity contribution in [1.29, 1.82) is 0 Å². The maximum Gasteiger partial charge on any atom is 0.0854 e. The van der Waals surface area contributed by atoms with Crippen LogP contribution in [-0.2, 0) is 0 Å². The molecule has 0 aliphatic carbocycles. The number of fused-ring (bicyclic) bond motifs is 1. The highest BCUT2D eigenvalue weighted by atomic mass is 79.9. The first-order valence-electron chi connectivity index (χ1n) is 6.05. The third-order valence-electron chi connectivity index (χ3n) is 3.09. The first-order valence-corrected chi connectivity index (χ1v) is 7.72. The van der Waals surface area contributed by atoms with E-state index < -0.39 is 0 Å². The third-order valence-corrected chi connectivity index (χ3v) is 4.67. The molecule has 19 heavy (non-hydrogen) atoms. The molecule has 2 nitrogen and oxygen atoms in total. The minimum absolute atomic E-state index is 0.124. The molecule has 1 atom stereocenters. The standard InChI is InChI=1S/C15H13BrN2S/c1-17-15(13-7-4-8-19-13)14-11(16)9-10-5-2-3-6-12(10)18-14/h2-9,15,17H,1H3. The molecule has 3 aromatic rings. The number of thiophene rings is 1. The summed E-state index contributed by atoms with van der Waals surface area (Å²) in [6.45, 7) is 0. The fraction of sp³-hybridized carbons (Fsp3) is 0.133. The number of halogens is 1. The van der Waals surface area contributed by atoms with Gasteiger partial charge < -0.3 is 5.32 Å². The first-order chi connectivity index (χ1) is 9.29. The molecule has 3 rings (SSSR count). The Labute approximate surface area is 124 Å². The van der Waals surface area contributed by atoms with E-state index in [1.54, 1.807) is 11.3 Å². The zero-order valence-electron chi connectivity index (χ0n) is 10.4. The molecule has 0 aliphatic rings. The van der Waals surface area contributed by atoms with Gasteiger partial charge in [-0.15, -0.1) is 11.3 Å². The van der Waals surface area contributed by atoms with Crippen molar-refractivity contribution in [3.63, 3.8) is 0 Å². The van der Waals surface area contributed by atoms with Gasteiger partial charge in [-0.1, -0.05) is 24.3 Å². The van der Waals surface area contributed by atoms with Gasteiger partial charge in [0, 0.05) is 14.7 Å². The number of pyridine rings is 1. The molecule has 4 heteroatoms. The topological polar surface area (TPSA) is 24.9 Å². The third kappa shape index (κ3) is 2.43. The van der Waals surface area contributed by atoms with Crippen molar-refractivity contribution in [1.82, 2.24) is 10.3 Å². The number of hydrogen-bond donors (Lipinski definition) is 1. The van der Waals surface area contributed by atoms with Crippen LogP contribution in [0.4, 0.5) is 0 Å². The smallest absolute Gasteiger partial charge is 0.0854 e. The summed E-state index contributed by atoms with van der Waals surface area (Å²) in [4.78, 5) is 6.07. The monoisotopic (exact) mass is 332 g/mol. The van der Waals surface area contributed by atoms with Crippen molar-refractivity contribution in [2.75, 3.05) is 7.05 Å². The van der Waals surface area contributed by atoms with Crippen LogP contribution in [0.5, 0.6) is 0 Å². The summed E-state index contributed by atoms with van der Waals surface area (Å²) in [6, 6.07) is 14.6. The second kappa shape index (κ2) is 5.41. The molecule has 0 fully saturated rings. The second-order valence-corrected chi connectivity index (χ2v) is 6.12. The average Bonchev–Trinajstić information content (AvgIpc) is 2.94. The number of nitrogens with zero attached hydrogens (tertiary/aromatic N) is 1. The molecule has 1 N–H and O–H groups in total. The van der Waals surface area contributed by atoms with Crippen LogP contribution in [0.1, 0.15) is 16.6 Å². The van der Waals surface area contributed by atoms with E-state index in [9.17, 15) is 0 Å². The van der Waals surface area contributed by atoms with Crippen molar-refractivity contribution < 1.29 is 0 Å². The number of para-hydroxylation sites is 1. The fourth-order valence-electron chi connectivity index (χ4n) is 2.18. The van der Waals surface area contributed by atoms with E-state index in [0.29, 0.717) is 0 Å². The van der Waals surface area contributed by atoms with E-state index in [-0.39, 0.29) is 6.04 Å². The van der Waals surface area contributed by atoms with E-state index >= 15 is 0 Å². The molecule has 2 heterocycles. The first kappa shape index (κ1) is 12.8. The molecule has 96 valence electrons. The van der Waals surface area contributed by atoms with E-state index in [1.807, 2.05) is 25.2 Å². The van der Waals surface area contributed by atoms with Gasteiger partial charge in [-0.25, -0.2) is 4.98 Å². The largest absolute Gasteiger partial charge is 0.307 e. The zero-order chi connectivity index (χ0) is 13.2. The highest BCUT2D eigenvalue weighted by Crippen LogP contribution is 2.31. The van der Waals surface area contributed by atoms with Gasteiger partial charge in [0.25, 0.3) is 0 Å². The van der Waals surface area contributed by atoms with Crippen LogP contribution in [0, 0.1) is 0 Å². The predicted molar refractivity (Wildman–Crippen MR) is 84.7 cm³/mol. The Morgan fingerprint density at radius 3 is 2.79 bits per heavy atom. The SMILES string of the molecule is CNC(c1cccs1)c1nc2ccccc2cc1Br. The normalized spacial score (nSPS) is 12.7. The summed E-state index contributed by atoms with van der Waals surface area (Å²) in [5.41, 5.74) is 2.06. The minimum atomic E-state index is 0.124. The summed E-state index contributed by atoms with van der Waals surface area (Å²) in [6.07, 6.45) is 0. The highest BCUT2D eigenvalue weighted by Gasteiger charge is 2.18. The molecule has 0 saturated heterocycles. The summed E-state index contributed by atoms with van der Waals surface area (Å²) >= 11 is 5.39. The Hall–Kier alpha value is -1.23. The Kier molecular flexibility index (Phi) is 3.64. The van der Waals surface area contributed by atoms with Gasteiger partial charge in [-0.05, 0) is 46.6 Å². The molecule has 1 aromatic carbocycles. The van der Waals surface area contributed by atoms with E-state index in [0.717, 1.165) is 21.1 Å². The molecular formula is C15H13BrN2S. The van der Waals surface area contributed by atoms with Crippen LogP contribution < -0.4 is 5.32 Å². The summed E-state index contributed by atoms with van der Waals surface area (Å²) < 4.78 is 1.04. The van der Waals surface area contributed by atoms with Gasteiger partial charge >= 0.3 is 0 Å². The molecule has 2 aromatic heterocycles. The molecule has 0 radical (unpaired) electrons. The number of rotatable bonds is 3. The van der Waals surface area contributed by atoms with Crippen LogP contribution in [0.25, 0.3) is 10.9 Å². The van der Waals surface area contributed by atoms with Crippen LogP contribution in [0.15, 0.2) is 52.3 Å². The van der Waals surface area contributed by atoms with Crippen LogP contribution >= 0.6 is 27.3 Å². The number of aromatic nitrogens is 1. The minimum Gasteiger partial charge on any atom is -0.307 e. The zero-order valence-corrected chi connectivity index (χ0v) is 12.8. The van der Waals surface area contributed by atoms with Crippen molar-refractivity contribution >= 4 is 38.2 Å². The Balaban J connectivity index is 2.15. The summed E-state index contributed by atoms with van der Waals surface area (Å²) in [5, 5.41) is 6.59. The second-order valence-electron chi connectivity index (χ2n) is 4.29. The maximum atomic E-state index is 4.80. The molecule has 0 bridgehead atoms. The van der Waals surface area contributed by atoms with Gasteiger partial charge in [0.2, 0.25) is 0 Å². The lowest BCUT2D eigenvalue weighted by molar-refractivity contribution is 0.682. The Bertz CT molecular complexity index is 694. The van der Waals surface area contributed by atoms with Gasteiger partial charge in [-0.3, -0.25) is 0 Å². The highest BCUT2D eigenvalue weighted by molar-refractivity contribution is 9.10. The van der Waals surface area contributed by atoms with Crippen LogP contribution in [0.3, 0.4) is 0 Å². The molecule has 1 unspecified atom stereocenters. The number of nitrogens with one attached hydrogen (secondary N) is 1. The molecule has 0 saturated carbocycles. The van der Waals surface area contributed by atoms with Gasteiger partial charge in [0.1, 0.15) is 0 Å². The lowest BCUT2D eigenvalue weighted by Crippen LogP contribution is -2.18. The number of hydrogen-bond acceptors (Lipinski definition) is 3. The van der Waals surface area contributed by atoms with Crippen molar-refractivity contribution in [3.05, 3.63) is 62.9 Å². The van der Waals surface area contributed by atoms with Crippen LogP contribution in [-0.4, -0.2) is 12.0 Å². The van der Waals surface area contributed by atoms with E-state index in [2.05, 4.69) is 50.9 Å². The van der Waals surface area contributed by atoms with Crippen molar-refractivity contribution in [2.45, 2.75) is 6.04 Å². The van der Waals surface area contributed by atoms with Crippen molar-refractivity contribution in [2.24, 2.45) is 0 Å². The van der Waals surface area contributed by atoms with E-state index in [4.69, 9.17) is 4.98 Å². The fourth-order valence-corrected chi connectivity index (χ4v) is 3.58. The van der Waals surface area contributed by atoms with Crippen LogP contribution in [0.2, 0.25) is 0 Å². The maximum absolute atomic E-state index is 4.80. The predicted octanol–water partition coefficient (Wildman–Crippen LogP) is 4.37. The Morgan fingerprint density at radius 2 is 2.05 bits per heavy atom. The van der Waals surface area contributed by atoms with Crippen molar-refractivity contribution in [3.8, 4) is 0 Å². The van der Waals surface area contributed by atoms with E-state index in [1.165, 1.54) is 4.88 Å². The lowest BCUT2D eigenvalue weighted by Gasteiger charge is -2.16. The molecule has 0 amide bonds.